The predicted octanol–water partition coefficient (Wildman–Crippen LogP) is 1.16. The lowest BCUT2D eigenvalue weighted by Gasteiger charge is -2.31. The van der Waals surface area contributed by atoms with Gasteiger partial charge in [-0.15, -0.1) is 0 Å². The number of amides is 1. The number of piperidine rings is 1. The first-order valence-electron chi connectivity index (χ1n) is 8.56. The summed E-state index contributed by atoms with van der Waals surface area (Å²) in [5, 5.41) is 7.55. The largest absolute Gasteiger partial charge is 0.355 e. The minimum absolute atomic E-state index is 0.0570. The van der Waals surface area contributed by atoms with Crippen molar-refractivity contribution < 1.29 is 4.79 Å². The molecule has 1 atom stereocenters. The van der Waals surface area contributed by atoms with Gasteiger partial charge < -0.3 is 11.1 Å². The van der Waals surface area contributed by atoms with Crippen LogP contribution in [0.1, 0.15) is 18.5 Å². The summed E-state index contributed by atoms with van der Waals surface area (Å²) < 4.78 is 1.89. The van der Waals surface area contributed by atoms with Crippen LogP contribution in [-0.4, -0.2) is 46.8 Å². The number of aromatic nitrogens is 2. The molecule has 1 amide bonds. The molecule has 0 spiro atoms. The third-order valence-corrected chi connectivity index (χ3v) is 4.37. The standard InChI is InChI=1S/C18H25N5O/c19-9-10-20-18(24)15-5-4-11-22(13-15)14-16-8-12-23(21-16)17-6-2-1-3-7-17/h1-3,6-8,12,15H,4-5,9-11,13-14,19H2,(H,20,24). The third kappa shape index (κ3) is 4.21. The zero-order valence-corrected chi connectivity index (χ0v) is 13.9. The normalized spacial score (nSPS) is 18.5. The van der Waals surface area contributed by atoms with E-state index in [1.165, 1.54) is 0 Å². The lowest BCUT2D eigenvalue weighted by Crippen LogP contribution is -2.43. The number of para-hydroxylation sites is 1. The van der Waals surface area contributed by atoms with Gasteiger partial charge in [0.05, 0.1) is 17.3 Å². The number of likely N-dealkylation sites (tertiary alicyclic amines) is 1. The van der Waals surface area contributed by atoms with E-state index < -0.39 is 0 Å². The smallest absolute Gasteiger partial charge is 0.224 e. The number of carbonyl (C=O) groups excluding carboxylic acids is 1. The Bertz CT molecular complexity index is 654. The maximum absolute atomic E-state index is 12.1. The van der Waals surface area contributed by atoms with E-state index in [9.17, 15) is 4.79 Å². The molecule has 0 saturated carbocycles. The molecule has 2 heterocycles. The van der Waals surface area contributed by atoms with Gasteiger partial charge in [0.25, 0.3) is 0 Å². The summed E-state index contributed by atoms with van der Waals surface area (Å²) in [5.74, 6) is 0.182. The summed E-state index contributed by atoms with van der Waals surface area (Å²) in [7, 11) is 0. The van der Waals surface area contributed by atoms with Crippen molar-refractivity contribution >= 4 is 5.91 Å². The number of hydrogen-bond acceptors (Lipinski definition) is 4. The van der Waals surface area contributed by atoms with Crippen LogP contribution in [0.5, 0.6) is 0 Å². The van der Waals surface area contributed by atoms with Crippen LogP contribution in [0.15, 0.2) is 42.6 Å². The molecule has 0 bridgehead atoms. The van der Waals surface area contributed by atoms with Crippen LogP contribution >= 0.6 is 0 Å². The average Bonchev–Trinajstić information content (AvgIpc) is 3.09. The maximum atomic E-state index is 12.1. The van der Waals surface area contributed by atoms with Gasteiger partial charge in [-0.1, -0.05) is 18.2 Å². The molecule has 0 aliphatic carbocycles. The monoisotopic (exact) mass is 327 g/mol. The van der Waals surface area contributed by atoms with Crippen LogP contribution in [0.3, 0.4) is 0 Å². The minimum atomic E-state index is 0.0570. The molecule has 6 heteroatoms. The SMILES string of the molecule is NCCNC(=O)C1CCCN(Cc2ccn(-c3ccccc3)n2)C1. The van der Waals surface area contributed by atoms with Gasteiger partial charge in [0, 0.05) is 32.4 Å². The van der Waals surface area contributed by atoms with Crippen LogP contribution in [0.2, 0.25) is 0 Å². The van der Waals surface area contributed by atoms with Gasteiger partial charge in [0.15, 0.2) is 0 Å². The second-order valence-electron chi connectivity index (χ2n) is 6.24. The zero-order chi connectivity index (χ0) is 16.8. The maximum Gasteiger partial charge on any atom is 0.224 e. The number of hydrogen-bond donors (Lipinski definition) is 2. The molecule has 1 unspecified atom stereocenters. The summed E-state index contributed by atoms with van der Waals surface area (Å²) in [4.78, 5) is 14.4. The van der Waals surface area contributed by atoms with Gasteiger partial charge in [-0.3, -0.25) is 9.69 Å². The van der Waals surface area contributed by atoms with Crippen molar-refractivity contribution in [2.24, 2.45) is 11.7 Å². The van der Waals surface area contributed by atoms with E-state index in [2.05, 4.69) is 15.3 Å². The Kier molecular flexibility index (Phi) is 5.61. The van der Waals surface area contributed by atoms with Crippen molar-refractivity contribution in [2.75, 3.05) is 26.2 Å². The molecule has 1 saturated heterocycles. The van der Waals surface area contributed by atoms with Crippen molar-refractivity contribution in [3.05, 3.63) is 48.3 Å². The summed E-state index contributed by atoms with van der Waals surface area (Å²) in [5.41, 5.74) is 7.54. The molecule has 1 aliphatic heterocycles. The van der Waals surface area contributed by atoms with E-state index in [1.54, 1.807) is 0 Å². The molecule has 1 aromatic heterocycles. The highest BCUT2D eigenvalue weighted by Crippen LogP contribution is 2.18. The van der Waals surface area contributed by atoms with E-state index in [-0.39, 0.29) is 11.8 Å². The predicted molar refractivity (Wildman–Crippen MR) is 93.6 cm³/mol. The first-order valence-corrected chi connectivity index (χ1v) is 8.56. The van der Waals surface area contributed by atoms with Gasteiger partial charge in [0.2, 0.25) is 5.91 Å². The van der Waals surface area contributed by atoms with E-state index >= 15 is 0 Å². The Hall–Kier alpha value is -2.18. The molecule has 24 heavy (non-hydrogen) atoms. The molecule has 1 aromatic carbocycles. The van der Waals surface area contributed by atoms with Crippen molar-refractivity contribution in [3.63, 3.8) is 0 Å². The van der Waals surface area contributed by atoms with Crippen LogP contribution in [0.25, 0.3) is 5.69 Å². The van der Waals surface area contributed by atoms with Crippen molar-refractivity contribution in [2.45, 2.75) is 19.4 Å². The highest BCUT2D eigenvalue weighted by atomic mass is 16.1. The highest BCUT2D eigenvalue weighted by Gasteiger charge is 2.25. The lowest BCUT2D eigenvalue weighted by molar-refractivity contribution is -0.126. The Morgan fingerprint density at radius 3 is 2.92 bits per heavy atom. The Balaban J connectivity index is 1.58. The van der Waals surface area contributed by atoms with Gasteiger partial charge in [-0.2, -0.15) is 5.10 Å². The van der Waals surface area contributed by atoms with Crippen LogP contribution in [0, 0.1) is 5.92 Å². The van der Waals surface area contributed by atoms with E-state index in [1.807, 2.05) is 47.3 Å². The first-order chi connectivity index (χ1) is 11.8. The van der Waals surface area contributed by atoms with Crippen LogP contribution < -0.4 is 11.1 Å². The number of rotatable bonds is 6. The molecular weight excluding hydrogens is 302 g/mol. The van der Waals surface area contributed by atoms with E-state index in [4.69, 9.17) is 5.73 Å². The summed E-state index contributed by atoms with van der Waals surface area (Å²) >= 11 is 0. The second-order valence-corrected chi connectivity index (χ2v) is 6.24. The third-order valence-electron chi connectivity index (χ3n) is 4.37. The Morgan fingerprint density at radius 2 is 2.12 bits per heavy atom. The fourth-order valence-electron chi connectivity index (χ4n) is 3.15. The Labute approximate surface area is 142 Å². The summed E-state index contributed by atoms with van der Waals surface area (Å²) in [6, 6.07) is 12.1. The number of nitrogens with zero attached hydrogens (tertiary/aromatic N) is 3. The van der Waals surface area contributed by atoms with Crippen molar-refractivity contribution in [3.8, 4) is 5.69 Å². The minimum Gasteiger partial charge on any atom is -0.355 e. The fourth-order valence-corrected chi connectivity index (χ4v) is 3.15. The van der Waals surface area contributed by atoms with Crippen molar-refractivity contribution in [1.82, 2.24) is 20.0 Å². The molecule has 2 aromatic rings. The van der Waals surface area contributed by atoms with Crippen LogP contribution in [0.4, 0.5) is 0 Å². The lowest BCUT2D eigenvalue weighted by atomic mass is 9.97. The van der Waals surface area contributed by atoms with Gasteiger partial charge >= 0.3 is 0 Å². The second kappa shape index (κ2) is 8.08. The summed E-state index contributed by atoms with van der Waals surface area (Å²) in [6.45, 7) is 3.61. The van der Waals surface area contributed by atoms with E-state index in [0.717, 1.165) is 43.9 Å². The van der Waals surface area contributed by atoms with Gasteiger partial charge in [-0.25, -0.2) is 4.68 Å². The number of nitrogens with two attached hydrogens (primary N) is 1. The van der Waals surface area contributed by atoms with Gasteiger partial charge in [-0.05, 0) is 37.6 Å². The quantitative estimate of drug-likeness (QED) is 0.835. The molecule has 6 nitrogen and oxygen atoms in total. The average molecular weight is 327 g/mol. The molecule has 128 valence electrons. The summed E-state index contributed by atoms with van der Waals surface area (Å²) in [6.07, 6.45) is 3.98. The molecular formula is C18H25N5O. The Morgan fingerprint density at radius 1 is 1.29 bits per heavy atom. The number of carbonyl (C=O) groups is 1. The molecule has 1 fully saturated rings. The van der Waals surface area contributed by atoms with E-state index in [0.29, 0.717) is 13.1 Å². The molecule has 3 rings (SSSR count). The molecule has 1 aliphatic rings. The molecule has 3 N–H and O–H groups in total. The fraction of sp³-hybridized carbons (Fsp3) is 0.444. The van der Waals surface area contributed by atoms with Gasteiger partial charge in [0.1, 0.15) is 0 Å². The topological polar surface area (TPSA) is 76.2 Å². The van der Waals surface area contributed by atoms with Crippen LogP contribution in [-0.2, 0) is 11.3 Å². The number of benzene rings is 1. The first kappa shape index (κ1) is 16.7. The van der Waals surface area contributed by atoms with Crippen molar-refractivity contribution in [1.29, 1.82) is 0 Å². The number of nitrogens with one attached hydrogen (secondary N) is 1. The molecule has 0 radical (unpaired) electrons. The highest BCUT2D eigenvalue weighted by molar-refractivity contribution is 5.78. The zero-order valence-electron chi connectivity index (χ0n) is 13.9.